The van der Waals surface area contributed by atoms with E-state index in [4.69, 9.17) is 21.7 Å². The molecule has 1 aromatic rings. The molecule has 2 rings (SSSR count). The van der Waals surface area contributed by atoms with Gasteiger partial charge in [0.1, 0.15) is 5.75 Å². The number of hydrogen-bond acceptors (Lipinski definition) is 6. The normalized spacial score (nSPS) is 17.4. The molecule has 1 fully saturated rings. The molecule has 0 saturated carbocycles. The van der Waals surface area contributed by atoms with Crippen LogP contribution in [-0.4, -0.2) is 41.3 Å². The molecule has 3 N–H and O–H groups in total. The number of carbonyl (C=O) groups is 1. The molecule has 0 aromatic heterocycles. The lowest BCUT2D eigenvalue weighted by Crippen LogP contribution is -2.51. The van der Waals surface area contributed by atoms with Gasteiger partial charge in [-0.15, -0.1) is 0 Å². The highest BCUT2D eigenvalue weighted by atomic mass is 32.1. The van der Waals surface area contributed by atoms with E-state index in [0.717, 1.165) is 19.4 Å². The maximum atomic E-state index is 12.0. The van der Waals surface area contributed by atoms with Gasteiger partial charge in [-0.25, -0.2) is 0 Å². The predicted octanol–water partition coefficient (Wildman–Crippen LogP) is 1.04. The summed E-state index contributed by atoms with van der Waals surface area (Å²) in [7, 11) is 0. The molecule has 0 unspecified atom stereocenters. The van der Waals surface area contributed by atoms with Crippen molar-refractivity contribution in [1.29, 1.82) is 0 Å². The summed E-state index contributed by atoms with van der Waals surface area (Å²) in [5, 5.41) is 13.8. The number of rotatable bonds is 6. The lowest BCUT2D eigenvalue weighted by molar-refractivity contribution is -0.384. The first-order chi connectivity index (χ1) is 12.0. The molecule has 1 heterocycles. The Morgan fingerprint density at radius 2 is 2.16 bits per heavy atom. The molecule has 1 saturated heterocycles. The van der Waals surface area contributed by atoms with E-state index in [1.807, 2.05) is 0 Å². The SMILES string of the molecule is C[C@@H](Oc1ccc([N+](=O)[O-])cc1)C(=O)NNC(=S)NC[C@@H]1CCCO1. The highest BCUT2D eigenvalue weighted by Gasteiger charge is 2.17. The number of benzene rings is 1. The Hall–Kier alpha value is -2.46. The van der Waals surface area contributed by atoms with Crippen molar-refractivity contribution in [2.45, 2.75) is 32.0 Å². The average molecular weight is 368 g/mol. The summed E-state index contributed by atoms with van der Waals surface area (Å²) in [6.07, 6.45) is 1.36. The number of non-ortho nitro benzene ring substituents is 1. The van der Waals surface area contributed by atoms with Crippen LogP contribution in [0.1, 0.15) is 19.8 Å². The van der Waals surface area contributed by atoms with E-state index in [-0.39, 0.29) is 16.9 Å². The topological polar surface area (TPSA) is 115 Å². The van der Waals surface area contributed by atoms with Crippen LogP contribution in [0.3, 0.4) is 0 Å². The van der Waals surface area contributed by atoms with Gasteiger partial charge in [-0.2, -0.15) is 0 Å². The molecule has 136 valence electrons. The summed E-state index contributed by atoms with van der Waals surface area (Å²) in [4.78, 5) is 22.1. The Morgan fingerprint density at radius 1 is 1.44 bits per heavy atom. The number of thiocarbonyl (C=S) groups is 1. The Morgan fingerprint density at radius 3 is 2.76 bits per heavy atom. The van der Waals surface area contributed by atoms with Crippen LogP contribution in [0.15, 0.2) is 24.3 Å². The number of carbonyl (C=O) groups excluding carboxylic acids is 1. The maximum absolute atomic E-state index is 12.0. The minimum atomic E-state index is -0.810. The molecule has 2 atom stereocenters. The molecule has 10 heteroatoms. The van der Waals surface area contributed by atoms with Crippen molar-refractivity contribution < 1.29 is 19.2 Å². The molecule has 0 radical (unpaired) electrons. The fourth-order valence-electron chi connectivity index (χ4n) is 2.18. The van der Waals surface area contributed by atoms with Gasteiger partial charge in [-0.05, 0) is 44.1 Å². The minimum Gasteiger partial charge on any atom is -0.481 e. The van der Waals surface area contributed by atoms with Gasteiger partial charge in [0.05, 0.1) is 11.0 Å². The Balaban J connectivity index is 1.70. The zero-order chi connectivity index (χ0) is 18.2. The summed E-state index contributed by atoms with van der Waals surface area (Å²) in [5.41, 5.74) is 4.99. The van der Waals surface area contributed by atoms with Crippen LogP contribution in [0, 0.1) is 10.1 Å². The monoisotopic (exact) mass is 368 g/mol. The summed E-state index contributed by atoms with van der Waals surface area (Å²) >= 11 is 5.06. The van der Waals surface area contributed by atoms with E-state index >= 15 is 0 Å². The van der Waals surface area contributed by atoms with Crippen molar-refractivity contribution >= 4 is 28.9 Å². The Bertz CT molecular complexity index is 619. The van der Waals surface area contributed by atoms with Crippen molar-refractivity contribution in [3.05, 3.63) is 34.4 Å². The molecule has 0 spiro atoms. The molecule has 0 aliphatic carbocycles. The van der Waals surface area contributed by atoms with E-state index in [1.54, 1.807) is 6.92 Å². The number of hydrazine groups is 1. The van der Waals surface area contributed by atoms with Crippen LogP contribution in [0.25, 0.3) is 0 Å². The first-order valence-electron chi connectivity index (χ1n) is 7.82. The van der Waals surface area contributed by atoms with Gasteiger partial charge < -0.3 is 14.8 Å². The Kier molecular flexibility index (Phi) is 6.90. The molecule has 1 amide bonds. The first kappa shape index (κ1) is 18.9. The fraction of sp³-hybridized carbons (Fsp3) is 0.467. The zero-order valence-corrected chi connectivity index (χ0v) is 14.5. The van der Waals surface area contributed by atoms with Crippen molar-refractivity contribution in [2.24, 2.45) is 0 Å². The second kappa shape index (κ2) is 9.14. The molecule has 0 bridgehead atoms. The van der Waals surface area contributed by atoms with Crippen molar-refractivity contribution in [3.8, 4) is 5.75 Å². The third-order valence-corrected chi connectivity index (χ3v) is 3.79. The zero-order valence-electron chi connectivity index (χ0n) is 13.7. The van der Waals surface area contributed by atoms with Crippen LogP contribution >= 0.6 is 12.2 Å². The number of amides is 1. The predicted molar refractivity (Wildman–Crippen MR) is 94.0 cm³/mol. The minimum absolute atomic E-state index is 0.0474. The van der Waals surface area contributed by atoms with Gasteiger partial charge in [0.2, 0.25) is 0 Å². The molecule has 9 nitrogen and oxygen atoms in total. The van der Waals surface area contributed by atoms with E-state index in [9.17, 15) is 14.9 Å². The molecule has 1 aliphatic rings. The van der Waals surface area contributed by atoms with E-state index in [2.05, 4.69) is 16.2 Å². The van der Waals surface area contributed by atoms with Crippen molar-refractivity contribution in [2.75, 3.05) is 13.2 Å². The number of ether oxygens (including phenoxy) is 2. The van der Waals surface area contributed by atoms with Crippen LogP contribution in [0.4, 0.5) is 5.69 Å². The average Bonchev–Trinajstić information content (AvgIpc) is 3.11. The number of nitrogens with one attached hydrogen (secondary N) is 3. The van der Waals surface area contributed by atoms with E-state index in [0.29, 0.717) is 12.3 Å². The van der Waals surface area contributed by atoms with Crippen molar-refractivity contribution in [3.63, 3.8) is 0 Å². The quantitative estimate of drug-likeness (QED) is 0.388. The van der Waals surface area contributed by atoms with E-state index < -0.39 is 16.9 Å². The second-order valence-corrected chi connectivity index (χ2v) is 5.88. The summed E-state index contributed by atoms with van der Waals surface area (Å²) in [6, 6.07) is 5.48. The van der Waals surface area contributed by atoms with Gasteiger partial charge in [-0.1, -0.05) is 0 Å². The third-order valence-electron chi connectivity index (χ3n) is 3.54. The maximum Gasteiger partial charge on any atom is 0.279 e. The molecule has 25 heavy (non-hydrogen) atoms. The van der Waals surface area contributed by atoms with Crippen LogP contribution in [0.5, 0.6) is 5.75 Å². The van der Waals surface area contributed by atoms with E-state index in [1.165, 1.54) is 24.3 Å². The molecular formula is C15H20N4O5S. The van der Waals surface area contributed by atoms with Crippen LogP contribution in [0.2, 0.25) is 0 Å². The summed E-state index contributed by atoms with van der Waals surface area (Å²) < 4.78 is 10.9. The number of nitrogens with zero attached hydrogens (tertiary/aromatic N) is 1. The molecule has 1 aliphatic heterocycles. The summed E-state index contributed by atoms with van der Waals surface area (Å²) in [5.74, 6) is -0.0769. The lowest BCUT2D eigenvalue weighted by Gasteiger charge is -2.17. The van der Waals surface area contributed by atoms with Gasteiger partial charge in [0.15, 0.2) is 11.2 Å². The number of hydrogen-bond donors (Lipinski definition) is 3. The third kappa shape index (κ3) is 6.16. The van der Waals surface area contributed by atoms with Crippen molar-refractivity contribution in [1.82, 2.24) is 16.2 Å². The van der Waals surface area contributed by atoms with Gasteiger partial charge in [0, 0.05) is 25.3 Å². The lowest BCUT2D eigenvalue weighted by atomic mass is 10.2. The molecule has 1 aromatic carbocycles. The smallest absolute Gasteiger partial charge is 0.279 e. The van der Waals surface area contributed by atoms with Gasteiger partial charge in [-0.3, -0.25) is 25.8 Å². The fourth-order valence-corrected chi connectivity index (χ4v) is 2.31. The van der Waals surface area contributed by atoms with Crippen LogP contribution < -0.4 is 20.9 Å². The first-order valence-corrected chi connectivity index (χ1v) is 8.23. The van der Waals surface area contributed by atoms with Gasteiger partial charge in [0.25, 0.3) is 11.6 Å². The highest BCUT2D eigenvalue weighted by Crippen LogP contribution is 2.18. The number of nitro benzene ring substituents is 1. The highest BCUT2D eigenvalue weighted by molar-refractivity contribution is 7.80. The molecular weight excluding hydrogens is 348 g/mol. The second-order valence-electron chi connectivity index (χ2n) is 5.47. The van der Waals surface area contributed by atoms with Crippen LogP contribution in [-0.2, 0) is 9.53 Å². The standard InChI is InChI=1S/C15H20N4O5S/c1-10(24-12-6-4-11(5-7-12)19(21)22)14(20)17-18-15(25)16-9-13-3-2-8-23-13/h4-7,10,13H,2-3,8-9H2,1H3,(H,17,20)(H2,16,18,25)/t10-,13+/m1/s1. The van der Waals surface area contributed by atoms with Gasteiger partial charge >= 0.3 is 0 Å². The Labute approximate surface area is 150 Å². The summed E-state index contributed by atoms with van der Waals surface area (Å²) in [6.45, 7) is 2.90. The number of nitro groups is 1. The largest absolute Gasteiger partial charge is 0.481 e.